The number of hydrogen-bond donors (Lipinski definition) is 0. The van der Waals surface area contributed by atoms with Gasteiger partial charge in [0, 0.05) is 6.42 Å². The summed E-state index contributed by atoms with van der Waals surface area (Å²) in [6.07, 6.45) is 0.929. The first kappa shape index (κ1) is 8.75. The second kappa shape index (κ2) is 3.50. The highest BCUT2D eigenvalue weighted by molar-refractivity contribution is 9.18. The van der Waals surface area contributed by atoms with Gasteiger partial charge in [0.15, 0.2) is 6.10 Å². The van der Waals surface area contributed by atoms with Crippen LogP contribution in [0.5, 0.6) is 0 Å². The summed E-state index contributed by atoms with van der Waals surface area (Å²) >= 11 is 3.32. The van der Waals surface area contributed by atoms with Gasteiger partial charge in [-0.25, -0.2) is 0 Å². The number of halogens is 1. The van der Waals surface area contributed by atoms with Crippen molar-refractivity contribution in [2.75, 3.05) is 0 Å². The van der Waals surface area contributed by atoms with Crippen LogP contribution in [-0.4, -0.2) is 4.62 Å². The molecular formula is C10H10BrNO. The molecule has 3 heteroatoms. The van der Waals surface area contributed by atoms with Crippen LogP contribution >= 0.6 is 15.9 Å². The van der Waals surface area contributed by atoms with E-state index in [4.69, 9.17) is 4.84 Å². The predicted octanol–water partition coefficient (Wildman–Crippen LogP) is 3.16. The van der Waals surface area contributed by atoms with Crippen molar-refractivity contribution < 1.29 is 4.84 Å². The zero-order valence-electron chi connectivity index (χ0n) is 7.33. The maximum absolute atomic E-state index is 5.23. The highest BCUT2D eigenvalue weighted by atomic mass is 79.9. The predicted molar refractivity (Wildman–Crippen MR) is 56.0 cm³/mol. The van der Waals surface area contributed by atoms with Crippen molar-refractivity contribution in [3.63, 3.8) is 0 Å². The molecule has 68 valence electrons. The number of benzene rings is 1. The Morgan fingerprint density at radius 1 is 1.38 bits per heavy atom. The zero-order chi connectivity index (χ0) is 9.26. The van der Waals surface area contributed by atoms with Crippen molar-refractivity contribution >= 4 is 20.6 Å². The molecule has 0 N–H and O–H groups in total. The Labute approximate surface area is 85.7 Å². The molecule has 13 heavy (non-hydrogen) atoms. The molecule has 1 aromatic carbocycles. The lowest BCUT2D eigenvalue weighted by atomic mass is 10.1. The fourth-order valence-corrected chi connectivity index (χ4v) is 1.69. The van der Waals surface area contributed by atoms with E-state index in [9.17, 15) is 0 Å². The van der Waals surface area contributed by atoms with E-state index in [0.717, 1.165) is 11.0 Å². The largest absolute Gasteiger partial charge is 0.386 e. The molecule has 0 amide bonds. The van der Waals surface area contributed by atoms with Gasteiger partial charge < -0.3 is 4.84 Å². The van der Waals surface area contributed by atoms with Gasteiger partial charge in [-0.2, -0.15) is 0 Å². The quantitative estimate of drug-likeness (QED) is 0.738. The lowest BCUT2D eigenvalue weighted by Gasteiger charge is -2.07. The van der Waals surface area contributed by atoms with Gasteiger partial charge in [-0.3, -0.25) is 0 Å². The molecule has 0 fully saturated rings. The normalized spacial score (nSPS) is 21.1. The summed E-state index contributed by atoms with van der Waals surface area (Å²) in [5, 5.41) is 3.85. The molecule has 1 aromatic rings. The summed E-state index contributed by atoms with van der Waals surface area (Å²) in [6, 6.07) is 8.35. The Bertz CT molecular complexity index is 331. The molecule has 1 heterocycles. The molecule has 2 rings (SSSR count). The van der Waals surface area contributed by atoms with Crippen LogP contribution < -0.4 is 0 Å². The van der Waals surface area contributed by atoms with Gasteiger partial charge in [-0.1, -0.05) is 35.0 Å². The monoisotopic (exact) mass is 239 g/mol. The lowest BCUT2D eigenvalue weighted by molar-refractivity contribution is 0.0858. The van der Waals surface area contributed by atoms with Crippen molar-refractivity contribution in [1.29, 1.82) is 0 Å². The first-order valence-electron chi connectivity index (χ1n) is 4.20. The molecule has 2 nitrogen and oxygen atoms in total. The molecule has 1 atom stereocenters. The van der Waals surface area contributed by atoms with Gasteiger partial charge >= 0.3 is 0 Å². The lowest BCUT2D eigenvalue weighted by Crippen LogP contribution is -1.96. The summed E-state index contributed by atoms with van der Waals surface area (Å²) < 4.78 is 0.887. The Kier molecular flexibility index (Phi) is 2.36. The molecule has 0 saturated heterocycles. The molecule has 0 aromatic heterocycles. The van der Waals surface area contributed by atoms with Gasteiger partial charge in [0.1, 0.15) is 4.62 Å². The summed E-state index contributed by atoms with van der Waals surface area (Å²) in [4.78, 5) is 5.23. The van der Waals surface area contributed by atoms with Gasteiger partial charge in [0.05, 0.1) is 0 Å². The summed E-state index contributed by atoms with van der Waals surface area (Å²) in [6.45, 7) is 2.08. The third-order valence-electron chi connectivity index (χ3n) is 2.08. The van der Waals surface area contributed by atoms with Gasteiger partial charge in [0.25, 0.3) is 0 Å². The average Bonchev–Trinajstić information content (AvgIpc) is 2.53. The minimum absolute atomic E-state index is 0.0926. The molecule has 0 spiro atoms. The van der Waals surface area contributed by atoms with Crippen molar-refractivity contribution in [2.45, 2.75) is 19.4 Å². The van der Waals surface area contributed by atoms with E-state index in [-0.39, 0.29) is 6.10 Å². The maximum Gasteiger partial charge on any atom is 0.158 e. The Morgan fingerprint density at radius 2 is 2.08 bits per heavy atom. The van der Waals surface area contributed by atoms with Crippen LogP contribution in [0.3, 0.4) is 0 Å². The highest BCUT2D eigenvalue weighted by Crippen LogP contribution is 2.28. The molecule has 0 saturated carbocycles. The highest BCUT2D eigenvalue weighted by Gasteiger charge is 2.20. The van der Waals surface area contributed by atoms with Gasteiger partial charge in [0.2, 0.25) is 0 Å². The number of aryl methyl sites for hydroxylation is 1. The number of oxime groups is 1. The first-order valence-corrected chi connectivity index (χ1v) is 5.00. The average molecular weight is 240 g/mol. The fourth-order valence-electron chi connectivity index (χ4n) is 1.31. The molecule has 1 aliphatic heterocycles. The van der Waals surface area contributed by atoms with Crippen LogP contribution in [-0.2, 0) is 4.84 Å². The molecule has 0 bridgehead atoms. The van der Waals surface area contributed by atoms with Gasteiger partial charge in [-0.05, 0) is 28.4 Å². The van der Waals surface area contributed by atoms with E-state index < -0.39 is 0 Å². The van der Waals surface area contributed by atoms with E-state index in [0.29, 0.717) is 0 Å². The second-order valence-electron chi connectivity index (χ2n) is 3.18. The zero-order valence-corrected chi connectivity index (χ0v) is 8.91. The summed E-state index contributed by atoms with van der Waals surface area (Å²) in [5.41, 5.74) is 2.45. The van der Waals surface area contributed by atoms with Crippen LogP contribution in [0, 0.1) is 6.92 Å². The molecule has 0 aliphatic carbocycles. The summed E-state index contributed by atoms with van der Waals surface area (Å²) in [5.74, 6) is 0. The number of hydrogen-bond acceptors (Lipinski definition) is 2. The number of nitrogens with zero attached hydrogens (tertiary/aromatic N) is 1. The molecular weight excluding hydrogens is 230 g/mol. The Balaban J connectivity index is 2.14. The minimum Gasteiger partial charge on any atom is -0.386 e. The van der Waals surface area contributed by atoms with E-state index in [1.54, 1.807) is 0 Å². The minimum atomic E-state index is 0.0926. The van der Waals surface area contributed by atoms with Gasteiger partial charge in [-0.15, -0.1) is 0 Å². The molecule has 1 unspecified atom stereocenters. The SMILES string of the molecule is Cc1ccc(C2CC(Br)=NO2)cc1. The third-order valence-corrected chi connectivity index (χ3v) is 2.55. The van der Waals surface area contributed by atoms with Crippen LogP contribution in [0.4, 0.5) is 0 Å². The van der Waals surface area contributed by atoms with Crippen molar-refractivity contribution in [3.8, 4) is 0 Å². The molecule has 1 aliphatic rings. The first-order chi connectivity index (χ1) is 6.25. The second-order valence-corrected chi connectivity index (χ2v) is 4.09. The van der Waals surface area contributed by atoms with Crippen LogP contribution in [0.2, 0.25) is 0 Å². The summed E-state index contributed by atoms with van der Waals surface area (Å²) in [7, 11) is 0. The van der Waals surface area contributed by atoms with Crippen molar-refractivity contribution in [1.82, 2.24) is 0 Å². The van der Waals surface area contributed by atoms with Crippen LogP contribution in [0.15, 0.2) is 29.4 Å². The Morgan fingerprint density at radius 3 is 2.62 bits per heavy atom. The fraction of sp³-hybridized carbons (Fsp3) is 0.300. The maximum atomic E-state index is 5.23. The topological polar surface area (TPSA) is 21.6 Å². The number of rotatable bonds is 1. The standard InChI is InChI=1S/C10H10BrNO/c1-7-2-4-8(5-3-7)9-6-10(11)12-13-9/h2-5,9H,6H2,1H3. The third kappa shape index (κ3) is 1.91. The molecule has 0 radical (unpaired) electrons. The van der Waals surface area contributed by atoms with E-state index in [2.05, 4.69) is 52.3 Å². The Hall–Kier alpha value is -0.830. The smallest absolute Gasteiger partial charge is 0.158 e. The van der Waals surface area contributed by atoms with Crippen molar-refractivity contribution in [2.24, 2.45) is 5.16 Å². The van der Waals surface area contributed by atoms with Crippen LogP contribution in [0.25, 0.3) is 0 Å². The van der Waals surface area contributed by atoms with E-state index in [1.807, 2.05) is 0 Å². The van der Waals surface area contributed by atoms with E-state index in [1.165, 1.54) is 11.1 Å². The van der Waals surface area contributed by atoms with Crippen LogP contribution in [0.1, 0.15) is 23.7 Å². The van der Waals surface area contributed by atoms with E-state index >= 15 is 0 Å². The van der Waals surface area contributed by atoms with Crippen molar-refractivity contribution in [3.05, 3.63) is 35.4 Å².